The molecular weight excluding hydrogens is 504 g/mol. The Morgan fingerprint density at radius 1 is 0.400 bits per heavy atom. The van der Waals surface area contributed by atoms with Crippen LogP contribution in [0.5, 0.6) is 46.0 Å². The maximum Gasteiger partial charge on any atom is 0.135 e. The zero-order chi connectivity index (χ0) is 27.8. The first-order valence-electron chi connectivity index (χ1n) is 13.0. The fourth-order valence-electron chi connectivity index (χ4n) is 6.32. The van der Waals surface area contributed by atoms with Crippen molar-refractivity contribution >= 4 is 0 Å². The molecule has 6 nitrogen and oxygen atoms in total. The minimum Gasteiger partial charge on any atom is -0.508 e. The molecule has 0 aliphatic carbocycles. The van der Waals surface area contributed by atoms with Gasteiger partial charge < -0.3 is 29.9 Å². The van der Waals surface area contributed by atoms with Crippen molar-refractivity contribution in [2.24, 2.45) is 0 Å². The smallest absolute Gasteiger partial charge is 0.135 e. The minimum atomic E-state index is -0.632. The maximum absolute atomic E-state index is 10.2. The molecule has 40 heavy (non-hydrogen) atoms. The van der Waals surface area contributed by atoms with E-state index < -0.39 is 10.8 Å². The van der Waals surface area contributed by atoms with Gasteiger partial charge in [-0.25, -0.2) is 0 Å². The first-order valence-corrected chi connectivity index (χ1v) is 13.0. The number of fused-ring (bicyclic) bond motifs is 4. The van der Waals surface area contributed by atoms with Crippen LogP contribution in [-0.4, -0.2) is 20.4 Å². The van der Waals surface area contributed by atoms with Crippen LogP contribution in [0.1, 0.15) is 47.2 Å². The molecule has 0 spiro atoms. The highest BCUT2D eigenvalue weighted by Gasteiger charge is 2.43. The van der Waals surface area contributed by atoms with Gasteiger partial charge in [0.25, 0.3) is 0 Å². The van der Waals surface area contributed by atoms with Gasteiger partial charge in [0, 0.05) is 57.3 Å². The van der Waals surface area contributed by atoms with Gasteiger partial charge in [-0.2, -0.15) is 0 Å². The summed E-state index contributed by atoms with van der Waals surface area (Å²) in [6.45, 7) is 4.23. The topological polar surface area (TPSA) is 99.4 Å². The second-order valence-electron chi connectivity index (χ2n) is 10.8. The predicted molar refractivity (Wildman–Crippen MR) is 150 cm³/mol. The fraction of sp³-hybridized carbons (Fsp3) is 0.118. The summed E-state index contributed by atoms with van der Waals surface area (Å²) in [7, 11) is 0. The molecule has 0 aromatic heterocycles. The first kappa shape index (κ1) is 24.0. The number of ether oxygens (including phenoxy) is 2. The highest BCUT2D eigenvalue weighted by Crippen LogP contribution is 2.55. The number of hydrogen-bond donors (Lipinski definition) is 4. The standard InChI is InChI=1S/C34H26O6/c1-33(25-11-7-21(35)15-29(25)39-30-16-22(36)8-12-26(30)33)19-3-5-20(6-4-19)34(2)27-13-9-23(37)17-31(27)40-32-18-24(38)10-14-28(32)34/h3-18,35-38H,1-2H3. The number of phenols is 4. The summed E-state index contributed by atoms with van der Waals surface area (Å²) in [6, 6.07) is 28.9. The molecule has 0 bridgehead atoms. The Balaban J connectivity index is 1.41. The van der Waals surface area contributed by atoms with Crippen LogP contribution in [0, 0.1) is 0 Å². The Bertz CT molecular complexity index is 1590. The molecule has 2 aliphatic heterocycles. The lowest BCUT2D eigenvalue weighted by atomic mass is 9.66. The van der Waals surface area contributed by atoms with Crippen LogP contribution in [0.25, 0.3) is 0 Å². The Labute approximate surface area is 231 Å². The Kier molecular flexibility index (Phi) is 4.91. The number of rotatable bonds is 2. The third-order valence-electron chi connectivity index (χ3n) is 8.49. The predicted octanol–water partition coefficient (Wildman–Crippen LogP) is 7.43. The molecule has 0 radical (unpaired) electrons. The van der Waals surface area contributed by atoms with E-state index in [1.54, 1.807) is 48.5 Å². The van der Waals surface area contributed by atoms with Crippen molar-refractivity contribution in [2.75, 3.05) is 0 Å². The Morgan fingerprint density at radius 2 is 0.650 bits per heavy atom. The van der Waals surface area contributed by atoms with Crippen molar-refractivity contribution in [3.8, 4) is 46.0 Å². The summed E-state index contributed by atoms with van der Waals surface area (Å²) < 4.78 is 12.2. The molecule has 0 unspecified atom stereocenters. The molecule has 0 saturated carbocycles. The van der Waals surface area contributed by atoms with E-state index in [4.69, 9.17) is 9.47 Å². The van der Waals surface area contributed by atoms with Gasteiger partial charge in [0.15, 0.2) is 0 Å². The van der Waals surface area contributed by atoms with Crippen molar-refractivity contribution < 1.29 is 29.9 Å². The van der Waals surface area contributed by atoms with Crippen LogP contribution < -0.4 is 9.47 Å². The largest absolute Gasteiger partial charge is 0.508 e. The maximum atomic E-state index is 10.2. The quantitative estimate of drug-likeness (QED) is 0.189. The van der Waals surface area contributed by atoms with Crippen LogP contribution >= 0.6 is 0 Å². The number of aromatic hydroxyl groups is 4. The summed E-state index contributed by atoms with van der Waals surface area (Å²) in [5.74, 6) is 2.52. The SMILES string of the molecule is CC1(c2ccc(C3(C)c4ccc(O)cc4Oc4cc(O)ccc43)cc2)c2ccc(O)cc2Oc2cc(O)ccc21. The van der Waals surface area contributed by atoms with E-state index in [1.807, 2.05) is 24.3 Å². The molecule has 5 aromatic rings. The van der Waals surface area contributed by atoms with Gasteiger partial charge in [-0.3, -0.25) is 0 Å². The molecule has 4 N–H and O–H groups in total. The lowest BCUT2D eigenvalue weighted by Gasteiger charge is -2.40. The van der Waals surface area contributed by atoms with Crippen molar-refractivity contribution in [3.63, 3.8) is 0 Å². The third kappa shape index (κ3) is 3.29. The van der Waals surface area contributed by atoms with Gasteiger partial charge >= 0.3 is 0 Å². The van der Waals surface area contributed by atoms with Gasteiger partial charge in [0.05, 0.1) is 0 Å². The molecule has 0 saturated heterocycles. The third-order valence-corrected chi connectivity index (χ3v) is 8.49. The summed E-state index contributed by atoms with van der Waals surface area (Å²) in [6.07, 6.45) is 0. The number of benzene rings is 5. The normalized spacial score (nSPS) is 15.4. The monoisotopic (exact) mass is 530 g/mol. The zero-order valence-electron chi connectivity index (χ0n) is 21.8. The van der Waals surface area contributed by atoms with E-state index in [9.17, 15) is 20.4 Å². The van der Waals surface area contributed by atoms with Crippen molar-refractivity contribution in [2.45, 2.75) is 24.7 Å². The van der Waals surface area contributed by atoms with E-state index in [0.29, 0.717) is 23.0 Å². The van der Waals surface area contributed by atoms with Gasteiger partial charge in [-0.1, -0.05) is 48.5 Å². The molecular formula is C34H26O6. The van der Waals surface area contributed by atoms with Crippen molar-refractivity contribution in [1.29, 1.82) is 0 Å². The van der Waals surface area contributed by atoms with Crippen molar-refractivity contribution in [3.05, 3.63) is 130 Å². The fourth-order valence-corrected chi connectivity index (χ4v) is 6.32. The Morgan fingerprint density at radius 3 is 0.900 bits per heavy atom. The Hall–Kier alpha value is -5.10. The van der Waals surface area contributed by atoms with E-state index in [2.05, 4.69) is 38.1 Å². The second kappa shape index (κ2) is 8.20. The van der Waals surface area contributed by atoms with Crippen LogP contribution in [0.15, 0.2) is 97.1 Å². The van der Waals surface area contributed by atoms with E-state index >= 15 is 0 Å². The summed E-state index contributed by atoms with van der Waals surface area (Å²) in [5, 5.41) is 40.7. The van der Waals surface area contributed by atoms with E-state index in [-0.39, 0.29) is 23.0 Å². The van der Waals surface area contributed by atoms with E-state index in [1.165, 1.54) is 0 Å². The molecule has 0 amide bonds. The van der Waals surface area contributed by atoms with E-state index in [0.717, 1.165) is 33.4 Å². The van der Waals surface area contributed by atoms with Gasteiger partial charge in [0.2, 0.25) is 0 Å². The molecule has 2 heterocycles. The molecule has 0 fully saturated rings. The second-order valence-corrected chi connectivity index (χ2v) is 10.8. The average Bonchev–Trinajstić information content (AvgIpc) is 2.92. The molecule has 198 valence electrons. The molecule has 6 heteroatoms. The number of phenolic OH excluding ortho intramolecular Hbond substituents is 4. The summed E-state index contributed by atoms with van der Waals surface area (Å²) in [5.41, 5.74) is 4.34. The van der Waals surface area contributed by atoms with Crippen LogP contribution in [0.3, 0.4) is 0 Å². The molecule has 0 atom stereocenters. The molecule has 5 aromatic carbocycles. The molecule has 7 rings (SSSR count). The lowest BCUT2D eigenvalue weighted by Crippen LogP contribution is -2.31. The minimum absolute atomic E-state index is 0.0990. The zero-order valence-corrected chi connectivity index (χ0v) is 21.8. The molecule has 2 aliphatic rings. The van der Waals surface area contributed by atoms with Crippen molar-refractivity contribution in [1.82, 2.24) is 0 Å². The van der Waals surface area contributed by atoms with Crippen LogP contribution in [0.4, 0.5) is 0 Å². The van der Waals surface area contributed by atoms with Gasteiger partial charge in [-0.15, -0.1) is 0 Å². The van der Waals surface area contributed by atoms with Crippen LogP contribution in [-0.2, 0) is 10.8 Å². The summed E-state index contributed by atoms with van der Waals surface area (Å²) >= 11 is 0. The highest BCUT2D eigenvalue weighted by molar-refractivity contribution is 5.67. The lowest BCUT2D eigenvalue weighted by molar-refractivity contribution is 0.408. The highest BCUT2D eigenvalue weighted by atomic mass is 16.5. The van der Waals surface area contributed by atoms with Crippen LogP contribution in [0.2, 0.25) is 0 Å². The van der Waals surface area contributed by atoms with Gasteiger partial charge in [-0.05, 0) is 49.2 Å². The average molecular weight is 531 g/mol. The summed E-state index contributed by atoms with van der Waals surface area (Å²) in [4.78, 5) is 0. The van der Waals surface area contributed by atoms with Gasteiger partial charge in [0.1, 0.15) is 46.0 Å². The first-order chi connectivity index (χ1) is 19.2. The number of hydrogen-bond acceptors (Lipinski definition) is 6.